The summed E-state index contributed by atoms with van der Waals surface area (Å²) < 4.78 is 7.31. The van der Waals surface area contributed by atoms with Crippen molar-refractivity contribution in [3.8, 4) is 22.7 Å². The maximum absolute atomic E-state index is 13.0. The van der Waals surface area contributed by atoms with E-state index in [0.29, 0.717) is 28.8 Å². The van der Waals surface area contributed by atoms with Gasteiger partial charge in [-0.3, -0.25) is 14.3 Å². The van der Waals surface area contributed by atoms with E-state index in [9.17, 15) is 14.7 Å². The number of rotatable bonds is 11. The van der Waals surface area contributed by atoms with Crippen LogP contribution in [-0.4, -0.2) is 49.9 Å². The Bertz CT molecular complexity index is 1210. The monoisotopic (exact) mass is 493 g/mol. The summed E-state index contributed by atoms with van der Waals surface area (Å²) >= 11 is 0. The molecule has 2 atom stereocenters. The molecule has 3 aromatic rings. The highest BCUT2D eigenvalue weighted by Gasteiger charge is 2.30. The molecule has 1 aromatic carbocycles. The molecule has 1 aliphatic rings. The van der Waals surface area contributed by atoms with Crippen molar-refractivity contribution in [2.75, 3.05) is 0 Å². The second kappa shape index (κ2) is 11.1. The third kappa shape index (κ3) is 6.02. The fourth-order valence-electron chi connectivity index (χ4n) is 4.20. The minimum atomic E-state index is -0.659. The lowest BCUT2D eigenvalue weighted by Crippen LogP contribution is -2.35. The summed E-state index contributed by atoms with van der Waals surface area (Å²) in [5, 5.41) is 20.6. The summed E-state index contributed by atoms with van der Waals surface area (Å²) in [7, 11) is 0. The van der Waals surface area contributed by atoms with Crippen LogP contribution in [0, 0.1) is 5.92 Å². The lowest BCUT2D eigenvalue weighted by atomic mass is 10.1. The van der Waals surface area contributed by atoms with Gasteiger partial charge in [0.15, 0.2) is 0 Å². The van der Waals surface area contributed by atoms with Crippen LogP contribution in [0.15, 0.2) is 40.9 Å². The van der Waals surface area contributed by atoms with E-state index in [1.54, 1.807) is 17.7 Å². The summed E-state index contributed by atoms with van der Waals surface area (Å²) in [4.78, 5) is 29.8. The van der Waals surface area contributed by atoms with E-state index in [4.69, 9.17) is 4.42 Å². The van der Waals surface area contributed by atoms with E-state index < -0.39 is 6.10 Å². The number of aliphatic hydroxyl groups is 1. The van der Waals surface area contributed by atoms with Gasteiger partial charge in [0.2, 0.25) is 11.7 Å². The third-order valence-corrected chi connectivity index (χ3v) is 6.59. The molecule has 0 aliphatic heterocycles. The van der Waals surface area contributed by atoms with E-state index in [-0.39, 0.29) is 36.2 Å². The van der Waals surface area contributed by atoms with Gasteiger partial charge in [-0.2, -0.15) is 5.10 Å². The third-order valence-electron chi connectivity index (χ3n) is 6.59. The predicted octanol–water partition coefficient (Wildman–Crippen LogP) is 4.03. The first-order chi connectivity index (χ1) is 17.3. The number of nitrogens with zero attached hydrogens (tertiary/aromatic N) is 3. The van der Waals surface area contributed by atoms with E-state index >= 15 is 0 Å². The molecule has 1 aliphatic carbocycles. The average molecular weight is 494 g/mol. The number of benzene rings is 1. The molecule has 9 nitrogen and oxygen atoms in total. The fourth-order valence-corrected chi connectivity index (χ4v) is 4.20. The number of oxazole rings is 1. The number of hydrogen-bond donors (Lipinski definition) is 3. The van der Waals surface area contributed by atoms with Crippen molar-refractivity contribution in [2.24, 2.45) is 5.92 Å². The molecule has 0 radical (unpaired) electrons. The van der Waals surface area contributed by atoms with Crippen LogP contribution in [0.25, 0.3) is 22.7 Å². The van der Waals surface area contributed by atoms with Crippen molar-refractivity contribution in [2.45, 2.75) is 78.1 Å². The second-order valence-corrected chi connectivity index (χ2v) is 9.64. The minimum Gasteiger partial charge on any atom is -0.431 e. The molecular formula is C27H35N5O4. The molecule has 0 saturated heterocycles. The SMILES string of the molecule is CCC(CC)NC(=O)c1cnc(-c2cccc(-c3cc(C(=O)N[C@@H](C)C4CC4)n(CC(C)O)n3)c2)o1. The number of hydrogen-bond acceptors (Lipinski definition) is 6. The Balaban J connectivity index is 1.57. The van der Waals surface area contributed by atoms with Gasteiger partial charge in [-0.15, -0.1) is 0 Å². The van der Waals surface area contributed by atoms with Gasteiger partial charge in [-0.1, -0.05) is 26.0 Å². The molecule has 0 bridgehead atoms. The van der Waals surface area contributed by atoms with Crippen LogP contribution in [0.3, 0.4) is 0 Å². The number of carbonyl (C=O) groups excluding carboxylic acids is 2. The molecule has 4 rings (SSSR count). The largest absolute Gasteiger partial charge is 0.431 e. The summed E-state index contributed by atoms with van der Waals surface area (Å²) in [5.41, 5.74) is 2.45. The highest BCUT2D eigenvalue weighted by atomic mass is 16.4. The van der Waals surface area contributed by atoms with Gasteiger partial charge >= 0.3 is 0 Å². The minimum absolute atomic E-state index is 0.0878. The average Bonchev–Trinajstić information content (AvgIpc) is 3.45. The van der Waals surface area contributed by atoms with Crippen molar-refractivity contribution >= 4 is 11.8 Å². The Morgan fingerprint density at radius 3 is 2.50 bits per heavy atom. The van der Waals surface area contributed by atoms with Crippen molar-refractivity contribution < 1.29 is 19.1 Å². The Kier molecular flexibility index (Phi) is 7.88. The van der Waals surface area contributed by atoms with E-state index in [1.807, 2.05) is 45.0 Å². The first-order valence-electron chi connectivity index (χ1n) is 12.7. The molecule has 2 aromatic heterocycles. The molecule has 2 amide bonds. The summed E-state index contributed by atoms with van der Waals surface area (Å²) in [6.07, 6.45) is 4.72. The van der Waals surface area contributed by atoms with Crippen LogP contribution in [0.4, 0.5) is 0 Å². The fraction of sp³-hybridized carbons (Fsp3) is 0.481. The number of nitrogens with one attached hydrogen (secondary N) is 2. The van der Waals surface area contributed by atoms with Gasteiger partial charge in [0.05, 0.1) is 24.5 Å². The zero-order chi connectivity index (χ0) is 25.8. The van der Waals surface area contributed by atoms with Gasteiger partial charge in [-0.25, -0.2) is 4.98 Å². The number of aromatic nitrogens is 3. The van der Waals surface area contributed by atoms with Crippen LogP contribution >= 0.6 is 0 Å². The van der Waals surface area contributed by atoms with Gasteiger partial charge < -0.3 is 20.2 Å². The highest BCUT2D eigenvalue weighted by molar-refractivity contribution is 5.94. The van der Waals surface area contributed by atoms with Gasteiger partial charge in [0.1, 0.15) is 5.69 Å². The maximum Gasteiger partial charge on any atom is 0.288 e. The van der Waals surface area contributed by atoms with Gasteiger partial charge in [-0.05, 0) is 63.6 Å². The molecule has 0 spiro atoms. The predicted molar refractivity (Wildman–Crippen MR) is 136 cm³/mol. The van der Waals surface area contributed by atoms with Crippen molar-refractivity contribution in [1.29, 1.82) is 0 Å². The molecule has 9 heteroatoms. The quantitative estimate of drug-likeness (QED) is 0.371. The Hall–Kier alpha value is -3.46. The number of carbonyl (C=O) groups is 2. The van der Waals surface area contributed by atoms with Crippen molar-refractivity contribution in [3.05, 3.63) is 48.0 Å². The Labute approximate surface area is 211 Å². The van der Waals surface area contributed by atoms with Crippen LogP contribution in [-0.2, 0) is 6.54 Å². The molecular weight excluding hydrogens is 458 g/mol. The second-order valence-electron chi connectivity index (χ2n) is 9.64. The summed E-state index contributed by atoms with van der Waals surface area (Å²) in [6.45, 7) is 7.93. The standard InChI is InChI=1S/C27H35N5O4/c1-5-21(6-2)30-26(35)24-14-28-27(36-24)20-9-7-8-19(12-20)22-13-23(32(31-22)15-16(3)33)25(34)29-17(4)18-10-11-18/h7-9,12-14,16-18,21,33H,5-6,10-11,15H2,1-4H3,(H,29,34)(H,30,35)/t16?,17-/m0/s1. The lowest BCUT2D eigenvalue weighted by Gasteiger charge is -2.14. The molecule has 1 saturated carbocycles. The number of aliphatic hydroxyl groups excluding tert-OH is 1. The van der Waals surface area contributed by atoms with E-state index in [2.05, 4.69) is 20.7 Å². The van der Waals surface area contributed by atoms with Gasteiger partial charge in [0, 0.05) is 23.2 Å². The van der Waals surface area contributed by atoms with E-state index in [0.717, 1.165) is 31.2 Å². The molecule has 36 heavy (non-hydrogen) atoms. The Morgan fingerprint density at radius 2 is 1.83 bits per heavy atom. The van der Waals surface area contributed by atoms with Crippen LogP contribution in [0.1, 0.15) is 74.4 Å². The Morgan fingerprint density at radius 1 is 1.11 bits per heavy atom. The van der Waals surface area contributed by atoms with Crippen LogP contribution in [0.2, 0.25) is 0 Å². The molecule has 1 unspecified atom stereocenters. The molecule has 3 N–H and O–H groups in total. The number of amides is 2. The zero-order valence-corrected chi connectivity index (χ0v) is 21.3. The smallest absolute Gasteiger partial charge is 0.288 e. The van der Waals surface area contributed by atoms with Gasteiger partial charge in [0.25, 0.3) is 11.8 Å². The van der Waals surface area contributed by atoms with Crippen LogP contribution < -0.4 is 10.6 Å². The first kappa shape index (κ1) is 25.6. The summed E-state index contributed by atoms with van der Waals surface area (Å²) in [5.74, 6) is 0.525. The molecule has 192 valence electrons. The van der Waals surface area contributed by atoms with Crippen molar-refractivity contribution in [3.63, 3.8) is 0 Å². The molecule has 1 fully saturated rings. The molecule has 2 heterocycles. The van der Waals surface area contributed by atoms with Crippen molar-refractivity contribution in [1.82, 2.24) is 25.4 Å². The van der Waals surface area contributed by atoms with Crippen LogP contribution in [0.5, 0.6) is 0 Å². The normalized spacial score (nSPS) is 15.1. The summed E-state index contributed by atoms with van der Waals surface area (Å²) in [6, 6.07) is 9.36. The highest BCUT2D eigenvalue weighted by Crippen LogP contribution is 2.32. The maximum atomic E-state index is 13.0. The lowest BCUT2D eigenvalue weighted by molar-refractivity contribution is 0.0903. The van der Waals surface area contributed by atoms with E-state index in [1.165, 1.54) is 6.20 Å². The first-order valence-corrected chi connectivity index (χ1v) is 12.7. The zero-order valence-electron chi connectivity index (χ0n) is 21.3. The topological polar surface area (TPSA) is 122 Å².